The van der Waals surface area contributed by atoms with Gasteiger partial charge in [-0.25, -0.2) is 0 Å². The predicted octanol–water partition coefficient (Wildman–Crippen LogP) is 5.41. The zero-order chi connectivity index (χ0) is 18.8. The Balaban J connectivity index is 1.74. The van der Waals surface area contributed by atoms with Crippen molar-refractivity contribution in [2.24, 2.45) is 5.92 Å². The van der Waals surface area contributed by atoms with Crippen LogP contribution in [0.15, 0.2) is 24.3 Å². The molecule has 1 aliphatic rings. The normalized spacial score (nSPS) is 20.9. The Bertz CT molecular complexity index is 485. The standard InChI is InChI=1S/C21H36O4Si/c1-5-7-18-8-10-19(11-9-18)20-12-14-21(15-13-20)25-16-6-17-26(22-2,23-3)24-4/h12-15,18-19H,5-11,16-17H2,1-4H3/t18-,19-. The molecular formula is C21H36O4Si. The van der Waals surface area contributed by atoms with Crippen molar-refractivity contribution in [1.29, 1.82) is 0 Å². The molecule has 0 radical (unpaired) electrons. The SMILES string of the molecule is CCC[C@H]1CC[C@H](c2ccc(OCCC[Si](OC)(OC)OC)cc2)CC1. The van der Waals surface area contributed by atoms with Crippen LogP contribution in [-0.4, -0.2) is 36.7 Å². The quantitative estimate of drug-likeness (QED) is 0.380. The van der Waals surface area contributed by atoms with Crippen molar-refractivity contribution < 1.29 is 18.0 Å². The lowest BCUT2D eigenvalue weighted by Crippen LogP contribution is -2.42. The van der Waals surface area contributed by atoms with Crippen molar-refractivity contribution in [3.8, 4) is 5.75 Å². The van der Waals surface area contributed by atoms with Crippen LogP contribution in [0.3, 0.4) is 0 Å². The summed E-state index contributed by atoms with van der Waals surface area (Å²) >= 11 is 0. The van der Waals surface area contributed by atoms with Gasteiger partial charge in [-0.2, -0.15) is 0 Å². The molecule has 1 aromatic rings. The molecule has 0 amide bonds. The van der Waals surface area contributed by atoms with Crippen LogP contribution in [0.1, 0.15) is 63.4 Å². The van der Waals surface area contributed by atoms with E-state index < -0.39 is 8.80 Å². The lowest BCUT2D eigenvalue weighted by molar-refractivity contribution is 0.121. The molecule has 1 fully saturated rings. The van der Waals surface area contributed by atoms with E-state index >= 15 is 0 Å². The van der Waals surface area contributed by atoms with Gasteiger partial charge < -0.3 is 18.0 Å². The van der Waals surface area contributed by atoms with E-state index in [-0.39, 0.29) is 0 Å². The first kappa shape index (κ1) is 21.4. The second-order valence-corrected chi connectivity index (χ2v) is 10.4. The molecule has 0 N–H and O–H groups in total. The molecule has 0 saturated heterocycles. The summed E-state index contributed by atoms with van der Waals surface area (Å²) in [5.41, 5.74) is 1.47. The Morgan fingerprint density at radius 1 is 0.923 bits per heavy atom. The number of hydrogen-bond donors (Lipinski definition) is 0. The van der Waals surface area contributed by atoms with E-state index in [0.29, 0.717) is 6.61 Å². The van der Waals surface area contributed by atoms with Gasteiger partial charge >= 0.3 is 8.80 Å². The summed E-state index contributed by atoms with van der Waals surface area (Å²) in [5.74, 6) is 2.63. The van der Waals surface area contributed by atoms with Crippen molar-refractivity contribution >= 4 is 8.80 Å². The summed E-state index contributed by atoms with van der Waals surface area (Å²) in [6.45, 7) is 2.94. The number of rotatable bonds is 11. The minimum Gasteiger partial charge on any atom is -0.494 e. The zero-order valence-corrected chi connectivity index (χ0v) is 18.0. The highest BCUT2D eigenvalue weighted by Crippen LogP contribution is 2.37. The van der Waals surface area contributed by atoms with Gasteiger partial charge in [0.2, 0.25) is 0 Å². The van der Waals surface area contributed by atoms with E-state index in [1.807, 2.05) is 0 Å². The average molecular weight is 381 g/mol. The first-order valence-corrected chi connectivity index (χ1v) is 12.0. The largest absolute Gasteiger partial charge is 0.500 e. The summed E-state index contributed by atoms with van der Waals surface area (Å²) in [7, 11) is 2.46. The fourth-order valence-electron chi connectivity index (χ4n) is 4.06. The second kappa shape index (κ2) is 11.1. The van der Waals surface area contributed by atoms with Gasteiger partial charge in [0.1, 0.15) is 5.75 Å². The first-order valence-electron chi connectivity index (χ1n) is 10.0. The van der Waals surface area contributed by atoms with Gasteiger partial charge in [0.25, 0.3) is 0 Å². The molecule has 0 spiro atoms. The molecule has 0 aromatic heterocycles. The molecule has 0 aliphatic heterocycles. The van der Waals surface area contributed by atoms with Gasteiger partial charge in [0, 0.05) is 27.4 Å². The molecule has 26 heavy (non-hydrogen) atoms. The van der Waals surface area contributed by atoms with E-state index in [9.17, 15) is 0 Å². The summed E-state index contributed by atoms with van der Waals surface area (Å²) in [6, 6.07) is 9.48. The van der Waals surface area contributed by atoms with Crippen LogP contribution >= 0.6 is 0 Å². The highest BCUT2D eigenvalue weighted by molar-refractivity contribution is 6.60. The molecule has 1 aromatic carbocycles. The topological polar surface area (TPSA) is 36.9 Å². The third-order valence-electron chi connectivity index (χ3n) is 5.72. The monoisotopic (exact) mass is 380 g/mol. The number of benzene rings is 1. The Morgan fingerprint density at radius 3 is 2.08 bits per heavy atom. The van der Waals surface area contributed by atoms with Crippen molar-refractivity contribution in [3.05, 3.63) is 29.8 Å². The molecule has 0 unspecified atom stereocenters. The first-order chi connectivity index (χ1) is 12.7. The molecule has 4 nitrogen and oxygen atoms in total. The molecule has 2 rings (SSSR count). The summed E-state index contributed by atoms with van der Waals surface area (Å²) in [5, 5.41) is 0. The van der Waals surface area contributed by atoms with Gasteiger partial charge in [-0.15, -0.1) is 0 Å². The highest BCUT2D eigenvalue weighted by Gasteiger charge is 2.36. The molecule has 0 heterocycles. The zero-order valence-electron chi connectivity index (χ0n) is 17.0. The Hall–Kier alpha value is -0.883. The number of hydrogen-bond acceptors (Lipinski definition) is 4. The van der Waals surface area contributed by atoms with Gasteiger partial charge in [-0.3, -0.25) is 0 Å². The summed E-state index contributed by atoms with van der Waals surface area (Å²) < 4.78 is 22.2. The lowest BCUT2D eigenvalue weighted by atomic mass is 9.77. The van der Waals surface area contributed by atoms with Crippen molar-refractivity contribution in [1.82, 2.24) is 0 Å². The van der Waals surface area contributed by atoms with E-state index in [1.54, 1.807) is 21.3 Å². The van der Waals surface area contributed by atoms with Crippen LogP contribution in [0.2, 0.25) is 6.04 Å². The summed E-state index contributed by atoms with van der Waals surface area (Å²) in [4.78, 5) is 0. The molecule has 0 atom stereocenters. The molecule has 1 aliphatic carbocycles. The third-order valence-corrected chi connectivity index (χ3v) is 8.56. The van der Waals surface area contributed by atoms with Crippen molar-refractivity contribution in [2.45, 2.75) is 63.8 Å². The van der Waals surface area contributed by atoms with Crippen LogP contribution in [0.25, 0.3) is 0 Å². The van der Waals surface area contributed by atoms with E-state index in [1.165, 1.54) is 44.1 Å². The fourth-order valence-corrected chi connectivity index (χ4v) is 5.75. The lowest BCUT2D eigenvalue weighted by Gasteiger charge is -2.28. The smallest absolute Gasteiger partial charge is 0.494 e. The summed E-state index contributed by atoms with van der Waals surface area (Å²) in [6.07, 6.45) is 9.03. The Kier molecular flexibility index (Phi) is 9.12. The molecule has 1 saturated carbocycles. The van der Waals surface area contributed by atoms with E-state index in [4.69, 9.17) is 18.0 Å². The molecule has 5 heteroatoms. The van der Waals surface area contributed by atoms with Gasteiger partial charge in [-0.1, -0.05) is 31.9 Å². The van der Waals surface area contributed by atoms with Crippen LogP contribution in [0, 0.1) is 5.92 Å². The van der Waals surface area contributed by atoms with Crippen molar-refractivity contribution in [3.63, 3.8) is 0 Å². The Labute approximate surface area is 160 Å². The maximum Gasteiger partial charge on any atom is 0.500 e. The van der Waals surface area contributed by atoms with Crippen LogP contribution < -0.4 is 4.74 Å². The van der Waals surface area contributed by atoms with Gasteiger partial charge in [0.15, 0.2) is 0 Å². The maximum absolute atomic E-state index is 5.88. The predicted molar refractivity (Wildman–Crippen MR) is 108 cm³/mol. The van der Waals surface area contributed by atoms with Crippen LogP contribution in [0.5, 0.6) is 5.75 Å². The minimum atomic E-state index is -2.48. The van der Waals surface area contributed by atoms with Crippen LogP contribution in [-0.2, 0) is 13.3 Å². The fraction of sp³-hybridized carbons (Fsp3) is 0.714. The van der Waals surface area contributed by atoms with E-state index in [0.717, 1.165) is 30.1 Å². The van der Waals surface area contributed by atoms with Crippen molar-refractivity contribution in [2.75, 3.05) is 27.9 Å². The Morgan fingerprint density at radius 2 is 1.54 bits per heavy atom. The second-order valence-electron chi connectivity index (χ2n) is 7.32. The minimum absolute atomic E-state index is 0.645. The molecule has 148 valence electrons. The van der Waals surface area contributed by atoms with Gasteiger partial charge in [0.05, 0.1) is 6.61 Å². The molecular weight excluding hydrogens is 344 g/mol. The maximum atomic E-state index is 5.88. The molecule has 0 bridgehead atoms. The van der Waals surface area contributed by atoms with Gasteiger partial charge in [-0.05, 0) is 61.6 Å². The average Bonchev–Trinajstić information content (AvgIpc) is 2.70. The highest BCUT2D eigenvalue weighted by atomic mass is 28.4. The van der Waals surface area contributed by atoms with E-state index in [2.05, 4.69) is 31.2 Å². The van der Waals surface area contributed by atoms with Crippen LogP contribution in [0.4, 0.5) is 0 Å². The number of ether oxygens (including phenoxy) is 1. The third kappa shape index (κ3) is 6.08.